The van der Waals surface area contributed by atoms with Crippen molar-refractivity contribution in [3.05, 3.63) is 0 Å². The van der Waals surface area contributed by atoms with E-state index in [1.165, 1.54) is 12.8 Å². The van der Waals surface area contributed by atoms with Crippen molar-refractivity contribution in [2.24, 2.45) is 5.41 Å². The van der Waals surface area contributed by atoms with Gasteiger partial charge in [-0.25, -0.2) is 0 Å². The van der Waals surface area contributed by atoms with Gasteiger partial charge in [0.1, 0.15) is 0 Å². The summed E-state index contributed by atoms with van der Waals surface area (Å²) in [6, 6.07) is 0.963. The summed E-state index contributed by atoms with van der Waals surface area (Å²) in [6.07, 6.45) is 3.26. The van der Waals surface area contributed by atoms with Gasteiger partial charge in [0, 0.05) is 18.7 Å². The van der Waals surface area contributed by atoms with E-state index < -0.39 is 0 Å². The largest absolute Gasteiger partial charge is 0.396 e. The quantitative estimate of drug-likeness (QED) is 0.692. The SMILES string of the molecule is CCCC(C)NC(CCO)C(C)(C)C. The molecule has 0 radical (unpaired) electrons. The summed E-state index contributed by atoms with van der Waals surface area (Å²) < 4.78 is 0. The monoisotopic (exact) mass is 201 g/mol. The molecule has 2 nitrogen and oxygen atoms in total. The Morgan fingerprint density at radius 1 is 1.21 bits per heavy atom. The molecule has 0 bridgehead atoms. The van der Waals surface area contributed by atoms with E-state index >= 15 is 0 Å². The minimum atomic E-state index is 0.227. The van der Waals surface area contributed by atoms with E-state index in [0.717, 1.165) is 6.42 Å². The first-order chi connectivity index (χ1) is 6.41. The van der Waals surface area contributed by atoms with Crippen molar-refractivity contribution < 1.29 is 5.11 Å². The minimum absolute atomic E-state index is 0.227. The number of aliphatic hydroxyl groups is 1. The Labute approximate surface area is 89.1 Å². The van der Waals surface area contributed by atoms with Crippen molar-refractivity contribution in [2.45, 2.75) is 66.0 Å². The summed E-state index contributed by atoms with van der Waals surface area (Å²) in [5.74, 6) is 0. The van der Waals surface area contributed by atoms with Gasteiger partial charge >= 0.3 is 0 Å². The summed E-state index contributed by atoms with van der Waals surface area (Å²) in [7, 11) is 0. The van der Waals surface area contributed by atoms with E-state index in [1.54, 1.807) is 0 Å². The average Bonchev–Trinajstić information content (AvgIpc) is 2.02. The van der Waals surface area contributed by atoms with Gasteiger partial charge in [0.15, 0.2) is 0 Å². The van der Waals surface area contributed by atoms with Gasteiger partial charge in [0.2, 0.25) is 0 Å². The molecule has 2 heteroatoms. The van der Waals surface area contributed by atoms with E-state index in [0.29, 0.717) is 12.1 Å². The third-order valence-corrected chi connectivity index (χ3v) is 2.67. The van der Waals surface area contributed by atoms with E-state index in [9.17, 15) is 0 Å². The van der Waals surface area contributed by atoms with Crippen LogP contribution >= 0.6 is 0 Å². The van der Waals surface area contributed by atoms with E-state index in [-0.39, 0.29) is 12.0 Å². The van der Waals surface area contributed by atoms with Gasteiger partial charge in [-0.2, -0.15) is 0 Å². The normalized spacial score (nSPS) is 16.7. The molecule has 0 saturated carbocycles. The second-order valence-corrected chi connectivity index (χ2v) is 5.29. The third-order valence-electron chi connectivity index (χ3n) is 2.67. The molecule has 0 aliphatic rings. The Morgan fingerprint density at radius 3 is 2.14 bits per heavy atom. The maximum Gasteiger partial charge on any atom is 0.0446 e. The molecule has 2 atom stereocenters. The number of hydrogen-bond donors (Lipinski definition) is 2. The maximum absolute atomic E-state index is 9.00. The lowest BCUT2D eigenvalue weighted by molar-refractivity contribution is 0.185. The molecule has 14 heavy (non-hydrogen) atoms. The first-order valence-electron chi connectivity index (χ1n) is 5.78. The topological polar surface area (TPSA) is 32.3 Å². The maximum atomic E-state index is 9.00. The molecular weight excluding hydrogens is 174 g/mol. The molecule has 0 spiro atoms. The van der Waals surface area contributed by atoms with Gasteiger partial charge in [0.25, 0.3) is 0 Å². The summed E-state index contributed by atoms with van der Waals surface area (Å²) in [5.41, 5.74) is 0.227. The van der Waals surface area contributed by atoms with Gasteiger partial charge in [-0.1, -0.05) is 34.1 Å². The highest BCUT2D eigenvalue weighted by Crippen LogP contribution is 2.22. The summed E-state index contributed by atoms with van der Waals surface area (Å²) in [6.45, 7) is 11.4. The lowest BCUT2D eigenvalue weighted by atomic mass is 9.84. The second-order valence-electron chi connectivity index (χ2n) is 5.29. The molecule has 2 unspecified atom stereocenters. The number of rotatable bonds is 6. The first-order valence-corrected chi connectivity index (χ1v) is 5.78. The molecule has 0 aromatic rings. The molecule has 0 fully saturated rings. The van der Waals surface area contributed by atoms with Gasteiger partial charge in [-0.15, -0.1) is 0 Å². The Kier molecular flexibility index (Phi) is 6.38. The number of aliphatic hydroxyl groups excluding tert-OH is 1. The van der Waals surface area contributed by atoms with Crippen molar-refractivity contribution in [3.63, 3.8) is 0 Å². The van der Waals surface area contributed by atoms with Crippen LogP contribution in [0.3, 0.4) is 0 Å². The van der Waals surface area contributed by atoms with Crippen LogP contribution in [0.15, 0.2) is 0 Å². The molecule has 86 valence electrons. The molecule has 0 rings (SSSR count). The van der Waals surface area contributed by atoms with Crippen molar-refractivity contribution in [2.75, 3.05) is 6.61 Å². The van der Waals surface area contributed by atoms with E-state index in [4.69, 9.17) is 5.11 Å². The van der Waals surface area contributed by atoms with Crippen molar-refractivity contribution in [1.82, 2.24) is 5.32 Å². The first kappa shape index (κ1) is 13.9. The van der Waals surface area contributed by atoms with Crippen LogP contribution in [0.5, 0.6) is 0 Å². The zero-order valence-corrected chi connectivity index (χ0v) is 10.4. The Morgan fingerprint density at radius 2 is 1.79 bits per heavy atom. The lowest BCUT2D eigenvalue weighted by Crippen LogP contribution is -2.45. The van der Waals surface area contributed by atoms with E-state index in [1.807, 2.05) is 0 Å². The smallest absolute Gasteiger partial charge is 0.0446 e. The highest BCUT2D eigenvalue weighted by atomic mass is 16.3. The molecule has 0 aromatic carbocycles. The molecular formula is C12H27NO. The Bertz CT molecular complexity index is 140. The Balaban J connectivity index is 4.09. The van der Waals surface area contributed by atoms with Gasteiger partial charge in [0.05, 0.1) is 0 Å². The van der Waals surface area contributed by atoms with Crippen LogP contribution in [0.1, 0.15) is 53.9 Å². The van der Waals surface area contributed by atoms with Crippen molar-refractivity contribution in [3.8, 4) is 0 Å². The van der Waals surface area contributed by atoms with Crippen LogP contribution in [-0.2, 0) is 0 Å². The standard InChI is InChI=1S/C12H27NO/c1-6-7-10(2)13-11(8-9-14)12(3,4)5/h10-11,13-14H,6-9H2,1-5H3. The fourth-order valence-electron chi connectivity index (χ4n) is 1.76. The van der Waals surface area contributed by atoms with Gasteiger partial charge in [-0.05, 0) is 25.2 Å². The zero-order valence-electron chi connectivity index (χ0n) is 10.4. The van der Waals surface area contributed by atoms with Crippen LogP contribution < -0.4 is 5.32 Å². The van der Waals surface area contributed by atoms with E-state index in [2.05, 4.69) is 39.9 Å². The second kappa shape index (κ2) is 6.41. The molecule has 0 saturated heterocycles. The fraction of sp³-hybridized carbons (Fsp3) is 1.00. The van der Waals surface area contributed by atoms with Crippen molar-refractivity contribution in [1.29, 1.82) is 0 Å². The summed E-state index contributed by atoms with van der Waals surface area (Å²) in [5, 5.41) is 12.6. The van der Waals surface area contributed by atoms with Crippen molar-refractivity contribution >= 4 is 0 Å². The molecule has 0 heterocycles. The van der Waals surface area contributed by atoms with Crippen LogP contribution in [0.4, 0.5) is 0 Å². The number of nitrogens with one attached hydrogen (secondary N) is 1. The summed E-state index contributed by atoms with van der Waals surface area (Å²) in [4.78, 5) is 0. The van der Waals surface area contributed by atoms with Crippen LogP contribution in [0.25, 0.3) is 0 Å². The predicted molar refractivity (Wildman–Crippen MR) is 62.5 cm³/mol. The molecule has 0 aromatic heterocycles. The van der Waals surface area contributed by atoms with Crippen LogP contribution in [0.2, 0.25) is 0 Å². The summed E-state index contributed by atoms with van der Waals surface area (Å²) >= 11 is 0. The van der Waals surface area contributed by atoms with Crippen LogP contribution in [-0.4, -0.2) is 23.8 Å². The third kappa shape index (κ3) is 5.61. The molecule has 0 aliphatic heterocycles. The molecule has 2 N–H and O–H groups in total. The minimum Gasteiger partial charge on any atom is -0.396 e. The molecule has 0 aliphatic carbocycles. The lowest BCUT2D eigenvalue weighted by Gasteiger charge is -2.33. The highest BCUT2D eigenvalue weighted by Gasteiger charge is 2.24. The predicted octanol–water partition coefficient (Wildman–Crippen LogP) is 2.56. The zero-order chi connectivity index (χ0) is 11.2. The highest BCUT2D eigenvalue weighted by molar-refractivity contribution is 4.82. The van der Waals surface area contributed by atoms with Gasteiger partial charge < -0.3 is 10.4 Å². The fourth-order valence-corrected chi connectivity index (χ4v) is 1.76. The Hall–Kier alpha value is -0.0800. The number of hydrogen-bond acceptors (Lipinski definition) is 2. The van der Waals surface area contributed by atoms with Crippen LogP contribution in [0, 0.1) is 5.41 Å². The molecule has 0 amide bonds. The van der Waals surface area contributed by atoms with Gasteiger partial charge in [-0.3, -0.25) is 0 Å². The average molecular weight is 201 g/mol.